The van der Waals surface area contributed by atoms with Crippen molar-refractivity contribution in [2.75, 3.05) is 13.7 Å². The van der Waals surface area contributed by atoms with Crippen molar-refractivity contribution in [3.8, 4) is 17.0 Å². The van der Waals surface area contributed by atoms with E-state index in [2.05, 4.69) is 9.97 Å². The summed E-state index contributed by atoms with van der Waals surface area (Å²) in [4.78, 5) is 20.1. The molecule has 0 saturated heterocycles. The number of carbonyl (C=O) groups is 1. The normalized spacial score (nSPS) is 10.0. The van der Waals surface area contributed by atoms with Gasteiger partial charge in [-0.1, -0.05) is 0 Å². The number of nitrogens with zero attached hydrogens (tertiary/aromatic N) is 2. The molecule has 2 aromatic rings. The van der Waals surface area contributed by atoms with Crippen LogP contribution in [0.5, 0.6) is 5.88 Å². The maximum absolute atomic E-state index is 12.0. The Hall–Kier alpha value is -2.43. The molecule has 2 heterocycles. The smallest absolute Gasteiger partial charge is 0.339 e. The van der Waals surface area contributed by atoms with E-state index in [1.807, 2.05) is 0 Å². The topological polar surface area (TPSA) is 61.3 Å². The molecule has 2 rings (SSSR count). The van der Waals surface area contributed by atoms with Crippen molar-refractivity contribution in [1.82, 2.24) is 9.97 Å². The zero-order chi connectivity index (χ0) is 13.7. The quantitative estimate of drug-likeness (QED) is 0.788. The molecule has 2 aromatic heterocycles. The molecule has 0 spiro atoms. The number of hydrogen-bond donors (Lipinski definition) is 0. The third-order valence-corrected chi connectivity index (χ3v) is 2.57. The highest BCUT2D eigenvalue weighted by molar-refractivity contribution is 5.98. The van der Waals surface area contributed by atoms with Crippen LogP contribution in [0.3, 0.4) is 0 Å². The zero-order valence-corrected chi connectivity index (χ0v) is 10.8. The molecular weight excluding hydrogens is 244 g/mol. The lowest BCUT2D eigenvalue weighted by Gasteiger charge is -2.12. The van der Waals surface area contributed by atoms with Gasteiger partial charge in [-0.15, -0.1) is 0 Å². The summed E-state index contributed by atoms with van der Waals surface area (Å²) in [6.45, 7) is 2.09. The van der Waals surface area contributed by atoms with Gasteiger partial charge in [0.15, 0.2) is 0 Å². The maximum Gasteiger partial charge on any atom is 0.339 e. The second-order valence-corrected chi connectivity index (χ2v) is 3.70. The lowest BCUT2D eigenvalue weighted by atomic mass is 10.0. The molecule has 98 valence electrons. The van der Waals surface area contributed by atoms with Crippen molar-refractivity contribution < 1.29 is 14.3 Å². The van der Waals surface area contributed by atoms with Gasteiger partial charge in [0, 0.05) is 18.6 Å². The Balaban J connectivity index is 2.59. The van der Waals surface area contributed by atoms with Crippen LogP contribution in [-0.4, -0.2) is 29.7 Å². The van der Waals surface area contributed by atoms with Gasteiger partial charge in [-0.2, -0.15) is 0 Å². The number of aromatic nitrogens is 2. The number of ether oxygens (including phenoxy) is 2. The van der Waals surface area contributed by atoms with Crippen molar-refractivity contribution in [3.05, 3.63) is 42.4 Å². The van der Waals surface area contributed by atoms with Crippen LogP contribution >= 0.6 is 0 Å². The zero-order valence-electron chi connectivity index (χ0n) is 10.8. The Labute approximate surface area is 111 Å². The summed E-state index contributed by atoms with van der Waals surface area (Å²) in [5.41, 5.74) is 1.86. The molecule has 0 radical (unpaired) electrons. The number of hydrogen-bond acceptors (Lipinski definition) is 5. The average Bonchev–Trinajstić information content (AvgIpc) is 2.47. The molecule has 0 unspecified atom stereocenters. The van der Waals surface area contributed by atoms with Gasteiger partial charge in [0.25, 0.3) is 0 Å². The van der Waals surface area contributed by atoms with Crippen LogP contribution in [0.2, 0.25) is 0 Å². The van der Waals surface area contributed by atoms with E-state index in [9.17, 15) is 4.79 Å². The predicted molar refractivity (Wildman–Crippen MR) is 70.0 cm³/mol. The summed E-state index contributed by atoms with van der Waals surface area (Å²) in [6, 6.07) is 5.21. The first kappa shape index (κ1) is 13.0. The van der Waals surface area contributed by atoms with Crippen molar-refractivity contribution in [3.63, 3.8) is 0 Å². The number of pyridine rings is 2. The fourth-order valence-electron chi connectivity index (χ4n) is 1.77. The van der Waals surface area contributed by atoms with Crippen LogP contribution in [-0.2, 0) is 4.74 Å². The Morgan fingerprint density at radius 3 is 2.58 bits per heavy atom. The number of esters is 1. The minimum absolute atomic E-state index is 0.319. The standard InChI is InChI=1S/C14H14N2O3/c1-3-19-14(17)11-6-9-16-13(18-2)12(11)10-4-7-15-8-5-10/h4-9H,3H2,1-2H3. The van der Waals surface area contributed by atoms with Crippen molar-refractivity contribution >= 4 is 5.97 Å². The fraction of sp³-hybridized carbons (Fsp3) is 0.214. The molecule has 0 N–H and O–H groups in total. The molecule has 19 heavy (non-hydrogen) atoms. The van der Waals surface area contributed by atoms with Gasteiger partial charge in [-0.25, -0.2) is 9.78 Å². The van der Waals surface area contributed by atoms with Crippen LogP contribution in [0, 0.1) is 0 Å². The van der Waals surface area contributed by atoms with E-state index in [1.165, 1.54) is 13.3 Å². The van der Waals surface area contributed by atoms with E-state index in [-0.39, 0.29) is 0 Å². The summed E-state index contributed by atoms with van der Waals surface area (Å²) in [5.74, 6) is -0.00762. The number of carbonyl (C=O) groups excluding carboxylic acids is 1. The summed E-state index contributed by atoms with van der Waals surface area (Å²) in [7, 11) is 1.52. The minimum Gasteiger partial charge on any atom is -0.481 e. The van der Waals surface area contributed by atoms with Crippen molar-refractivity contribution in [2.24, 2.45) is 0 Å². The molecule has 5 heteroatoms. The highest BCUT2D eigenvalue weighted by Crippen LogP contribution is 2.31. The second-order valence-electron chi connectivity index (χ2n) is 3.70. The fourth-order valence-corrected chi connectivity index (χ4v) is 1.77. The maximum atomic E-state index is 12.0. The molecule has 0 bridgehead atoms. The molecule has 0 aliphatic rings. The molecule has 0 atom stereocenters. The Morgan fingerprint density at radius 2 is 1.95 bits per heavy atom. The van der Waals surface area contributed by atoms with Crippen LogP contribution in [0.1, 0.15) is 17.3 Å². The highest BCUT2D eigenvalue weighted by Gasteiger charge is 2.18. The van der Waals surface area contributed by atoms with Crippen LogP contribution in [0.25, 0.3) is 11.1 Å². The van der Waals surface area contributed by atoms with E-state index in [1.54, 1.807) is 37.5 Å². The Morgan fingerprint density at radius 1 is 1.21 bits per heavy atom. The molecular formula is C14H14N2O3. The number of methoxy groups -OCH3 is 1. The summed E-state index contributed by atoms with van der Waals surface area (Å²) in [5, 5.41) is 0. The third kappa shape index (κ3) is 2.70. The minimum atomic E-state index is -0.394. The van der Waals surface area contributed by atoms with E-state index >= 15 is 0 Å². The van der Waals surface area contributed by atoms with Gasteiger partial charge in [-0.3, -0.25) is 4.98 Å². The first-order chi connectivity index (χ1) is 9.27. The average molecular weight is 258 g/mol. The van der Waals surface area contributed by atoms with Crippen LogP contribution < -0.4 is 4.74 Å². The monoisotopic (exact) mass is 258 g/mol. The first-order valence-electron chi connectivity index (χ1n) is 5.88. The summed E-state index contributed by atoms with van der Waals surface area (Å²) < 4.78 is 10.3. The first-order valence-corrected chi connectivity index (χ1v) is 5.88. The van der Waals surface area contributed by atoms with Gasteiger partial charge in [0.05, 0.1) is 24.8 Å². The Bertz CT molecular complexity index is 570. The van der Waals surface area contributed by atoms with Gasteiger partial charge >= 0.3 is 5.97 Å². The van der Waals surface area contributed by atoms with Crippen LogP contribution in [0.4, 0.5) is 0 Å². The second kappa shape index (κ2) is 5.95. The van der Waals surface area contributed by atoms with E-state index in [0.717, 1.165) is 5.56 Å². The molecule has 0 amide bonds. The van der Waals surface area contributed by atoms with Gasteiger partial charge < -0.3 is 9.47 Å². The molecule has 0 saturated carbocycles. The van der Waals surface area contributed by atoms with Gasteiger partial charge in [0.1, 0.15) is 0 Å². The lowest BCUT2D eigenvalue weighted by Crippen LogP contribution is -2.08. The molecule has 0 aliphatic carbocycles. The molecule has 0 aromatic carbocycles. The van der Waals surface area contributed by atoms with Crippen molar-refractivity contribution in [1.29, 1.82) is 0 Å². The van der Waals surface area contributed by atoms with Crippen LogP contribution in [0.15, 0.2) is 36.8 Å². The largest absolute Gasteiger partial charge is 0.481 e. The predicted octanol–water partition coefficient (Wildman–Crippen LogP) is 2.33. The van der Waals surface area contributed by atoms with Gasteiger partial charge in [-0.05, 0) is 30.7 Å². The SMILES string of the molecule is CCOC(=O)c1ccnc(OC)c1-c1ccncc1. The van der Waals surface area contributed by atoms with E-state index < -0.39 is 5.97 Å². The highest BCUT2D eigenvalue weighted by atomic mass is 16.5. The van der Waals surface area contributed by atoms with E-state index in [0.29, 0.717) is 23.6 Å². The summed E-state index contributed by atoms with van der Waals surface area (Å²) in [6.07, 6.45) is 4.82. The molecule has 0 aliphatic heterocycles. The third-order valence-electron chi connectivity index (χ3n) is 2.57. The van der Waals surface area contributed by atoms with Crippen molar-refractivity contribution in [2.45, 2.75) is 6.92 Å². The summed E-state index contributed by atoms with van der Waals surface area (Å²) >= 11 is 0. The van der Waals surface area contributed by atoms with Gasteiger partial charge in [0.2, 0.25) is 5.88 Å². The van der Waals surface area contributed by atoms with E-state index in [4.69, 9.17) is 9.47 Å². The Kier molecular flexibility index (Phi) is 4.07. The molecule has 0 fully saturated rings. The lowest BCUT2D eigenvalue weighted by molar-refractivity contribution is 0.0526. The molecule has 5 nitrogen and oxygen atoms in total. The number of rotatable bonds is 4.